The number of hydrogen-bond donors (Lipinski definition) is 1. The molecule has 1 aromatic carbocycles. The number of ether oxygens (including phenoxy) is 3. The second kappa shape index (κ2) is 14.9. The highest BCUT2D eigenvalue weighted by molar-refractivity contribution is 6.55. The lowest BCUT2D eigenvalue weighted by molar-refractivity contribution is 0.0117. The van der Waals surface area contributed by atoms with Crippen LogP contribution in [0.1, 0.15) is 40.0 Å². The molecule has 1 rings (SSSR count). The van der Waals surface area contributed by atoms with Crippen molar-refractivity contribution >= 4 is 46.4 Å². The first-order valence-electron chi connectivity index (χ1n) is 9.25. The fraction of sp³-hybridized carbons (Fsp3) is 0.500. The van der Waals surface area contributed by atoms with Gasteiger partial charge in [-0.15, -0.1) is 0 Å². The molecule has 9 heteroatoms. The van der Waals surface area contributed by atoms with Gasteiger partial charge in [0.2, 0.25) is 0 Å². The Balaban J connectivity index is 2.26. The van der Waals surface area contributed by atoms with E-state index in [1.807, 2.05) is 20.8 Å². The van der Waals surface area contributed by atoms with Crippen LogP contribution in [-0.4, -0.2) is 25.9 Å². The molecule has 0 unspecified atom stereocenters. The van der Waals surface area contributed by atoms with Crippen molar-refractivity contribution < 1.29 is 19.0 Å². The summed E-state index contributed by atoms with van der Waals surface area (Å²) in [5, 5.41) is 0.766. The predicted octanol–water partition coefficient (Wildman–Crippen LogP) is 7.05. The lowest BCUT2D eigenvalue weighted by atomic mass is 10.2. The van der Waals surface area contributed by atoms with Gasteiger partial charge in [0.15, 0.2) is 5.75 Å². The van der Waals surface area contributed by atoms with E-state index in [2.05, 4.69) is 5.48 Å². The number of unbranched alkanes of at least 4 members (excludes halogenated alkanes) is 2. The summed E-state index contributed by atoms with van der Waals surface area (Å²) in [6, 6.07) is 3.27. The first-order valence-corrected chi connectivity index (χ1v) is 10.8. The van der Waals surface area contributed by atoms with Gasteiger partial charge in [-0.3, -0.25) is 10.3 Å². The lowest BCUT2D eigenvalue weighted by Gasteiger charge is -2.12. The Kier molecular flexibility index (Phi) is 13.4. The van der Waals surface area contributed by atoms with E-state index < -0.39 is 0 Å². The number of hydrogen-bond acceptors (Lipinski definition) is 5. The zero-order chi connectivity index (χ0) is 21.6. The molecule has 0 aliphatic rings. The van der Waals surface area contributed by atoms with Crippen LogP contribution in [0.15, 0.2) is 34.7 Å². The van der Waals surface area contributed by atoms with Gasteiger partial charge in [0.05, 0.1) is 35.1 Å². The molecule has 5 nitrogen and oxygen atoms in total. The maximum atomic E-state index is 6.23. The minimum absolute atomic E-state index is 0.108. The smallest absolute Gasteiger partial charge is 0.156 e. The van der Waals surface area contributed by atoms with Crippen LogP contribution in [0.4, 0.5) is 0 Å². The maximum absolute atomic E-state index is 6.23. The summed E-state index contributed by atoms with van der Waals surface area (Å²) in [4.78, 5) is 5.25. The van der Waals surface area contributed by atoms with Crippen LogP contribution in [0.5, 0.6) is 11.5 Å². The summed E-state index contributed by atoms with van der Waals surface area (Å²) in [5.41, 5.74) is 3.63. The van der Waals surface area contributed by atoms with Crippen molar-refractivity contribution in [3.63, 3.8) is 0 Å². The molecule has 0 heterocycles. The van der Waals surface area contributed by atoms with Gasteiger partial charge in [-0.25, -0.2) is 0 Å². The first kappa shape index (κ1) is 26.1. The predicted molar refractivity (Wildman–Crippen MR) is 120 cm³/mol. The van der Waals surface area contributed by atoms with Crippen molar-refractivity contribution in [2.45, 2.75) is 46.1 Å². The van der Waals surface area contributed by atoms with Gasteiger partial charge in [0.1, 0.15) is 23.1 Å². The average molecular weight is 487 g/mol. The Morgan fingerprint density at radius 3 is 2.31 bits per heavy atom. The molecule has 0 aromatic heterocycles. The zero-order valence-electron chi connectivity index (χ0n) is 16.8. The molecule has 0 spiro atoms. The molecular formula is C20H27Cl4NO4. The van der Waals surface area contributed by atoms with Crippen LogP contribution < -0.4 is 15.0 Å². The maximum Gasteiger partial charge on any atom is 0.156 e. The highest BCUT2D eigenvalue weighted by atomic mass is 35.5. The van der Waals surface area contributed by atoms with Gasteiger partial charge in [-0.1, -0.05) is 46.4 Å². The summed E-state index contributed by atoms with van der Waals surface area (Å²) < 4.78 is 16.8. The van der Waals surface area contributed by atoms with Crippen molar-refractivity contribution in [3.8, 4) is 11.5 Å². The largest absolute Gasteiger partial charge is 0.499 e. The summed E-state index contributed by atoms with van der Waals surface area (Å²) in [6.45, 7) is 7.11. The van der Waals surface area contributed by atoms with Crippen LogP contribution in [-0.2, 0) is 9.57 Å². The first-order chi connectivity index (χ1) is 13.8. The molecule has 0 atom stereocenters. The third kappa shape index (κ3) is 12.3. The summed E-state index contributed by atoms with van der Waals surface area (Å²) in [5.74, 6) is 0.949. The van der Waals surface area contributed by atoms with E-state index in [0.29, 0.717) is 34.8 Å². The van der Waals surface area contributed by atoms with Crippen molar-refractivity contribution in [2.24, 2.45) is 0 Å². The fourth-order valence-electron chi connectivity index (χ4n) is 2.02. The fourth-order valence-corrected chi connectivity index (χ4v) is 2.72. The van der Waals surface area contributed by atoms with Gasteiger partial charge in [-0.2, -0.15) is 0 Å². The van der Waals surface area contributed by atoms with Gasteiger partial charge in [0.25, 0.3) is 0 Å². The molecule has 0 aliphatic carbocycles. The number of rotatable bonds is 14. The standard InChI is InChI=1S/C20H27Cl4NO4/c1-14(2)29-25-15(3)13-26-8-5-4-6-9-28-20-17(21)11-16(12-18(20)22)27-10-7-19(23)24/h7,11-14,25H,4-6,8-10H2,1-3H3. The van der Waals surface area contributed by atoms with E-state index >= 15 is 0 Å². The van der Waals surface area contributed by atoms with Crippen molar-refractivity contribution in [3.05, 3.63) is 44.7 Å². The molecule has 0 saturated carbocycles. The molecule has 29 heavy (non-hydrogen) atoms. The number of hydroxylamine groups is 1. The van der Waals surface area contributed by atoms with Crippen molar-refractivity contribution in [1.82, 2.24) is 5.48 Å². The Labute approximate surface area is 192 Å². The van der Waals surface area contributed by atoms with Gasteiger partial charge in [0, 0.05) is 12.1 Å². The van der Waals surface area contributed by atoms with E-state index in [1.165, 1.54) is 6.08 Å². The third-order valence-electron chi connectivity index (χ3n) is 3.33. The number of halogens is 4. The second-order valence-electron chi connectivity index (χ2n) is 6.37. The third-order valence-corrected chi connectivity index (χ3v) is 4.20. The Hall–Kier alpha value is -0.980. The minimum atomic E-state index is 0.108. The molecule has 164 valence electrons. The van der Waals surface area contributed by atoms with E-state index in [4.69, 9.17) is 65.5 Å². The average Bonchev–Trinajstić information content (AvgIpc) is 2.63. The van der Waals surface area contributed by atoms with Crippen LogP contribution in [0.2, 0.25) is 10.0 Å². The molecule has 1 N–H and O–H groups in total. The molecule has 0 bridgehead atoms. The number of nitrogens with one attached hydrogen (secondary N) is 1. The van der Waals surface area contributed by atoms with Gasteiger partial charge >= 0.3 is 0 Å². The monoisotopic (exact) mass is 485 g/mol. The summed E-state index contributed by atoms with van der Waals surface area (Å²) in [6.07, 6.45) is 5.99. The van der Waals surface area contributed by atoms with Gasteiger partial charge < -0.3 is 14.2 Å². The number of benzene rings is 1. The molecule has 0 saturated heterocycles. The minimum Gasteiger partial charge on any atom is -0.499 e. The number of allylic oxidation sites excluding steroid dienone is 1. The van der Waals surface area contributed by atoms with E-state index in [-0.39, 0.29) is 17.2 Å². The SMILES string of the molecule is CC(=COCCCCCOc1c(Cl)cc(OCC=C(Cl)Cl)cc1Cl)NOC(C)C. The Morgan fingerprint density at radius 2 is 1.69 bits per heavy atom. The second-order valence-corrected chi connectivity index (χ2v) is 8.19. The quantitative estimate of drug-likeness (QED) is 0.173. The van der Waals surface area contributed by atoms with Crippen molar-refractivity contribution in [1.29, 1.82) is 0 Å². The Morgan fingerprint density at radius 1 is 1.03 bits per heavy atom. The van der Waals surface area contributed by atoms with E-state index in [1.54, 1.807) is 18.4 Å². The Bertz CT molecular complexity index is 653. The van der Waals surface area contributed by atoms with Crippen LogP contribution in [0.25, 0.3) is 0 Å². The van der Waals surface area contributed by atoms with E-state index in [0.717, 1.165) is 25.0 Å². The highest BCUT2D eigenvalue weighted by Crippen LogP contribution is 2.37. The van der Waals surface area contributed by atoms with Crippen LogP contribution >= 0.6 is 46.4 Å². The summed E-state index contributed by atoms with van der Waals surface area (Å²) in [7, 11) is 0. The van der Waals surface area contributed by atoms with Crippen LogP contribution in [0, 0.1) is 0 Å². The van der Waals surface area contributed by atoms with Crippen LogP contribution in [0.3, 0.4) is 0 Å². The van der Waals surface area contributed by atoms with Gasteiger partial charge in [-0.05, 0) is 46.1 Å². The molecule has 0 aliphatic heterocycles. The molecule has 1 aromatic rings. The summed E-state index contributed by atoms with van der Waals surface area (Å²) >= 11 is 23.5. The lowest BCUT2D eigenvalue weighted by Crippen LogP contribution is -2.17. The normalized spacial score (nSPS) is 11.4. The zero-order valence-corrected chi connectivity index (χ0v) is 19.8. The topological polar surface area (TPSA) is 49.0 Å². The molecular weight excluding hydrogens is 460 g/mol. The van der Waals surface area contributed by atoms with E-state index in [9.17, 15) is 0 Å². The molecule has 0 amide bonds. The molecule has 0 radical (unpaired) electrons. The molecule has 0 fully saturated rings. The highest BCUT2D eigenvalue weighted by Gasteiger charge is 2.10. The van der Waals surface area contributed by atoms with Crippen molar-refractivity contribution in [2.75, 3.05) is 19.8 Å².